The van der Waals surface area contributed by atoms with E-state index in [9.17, 15) is 31.9 Å². The zero-order valence-corrected chi connectivity index (χ0v) is 24.2. The van der Waals surface area contributed by atoms with E-state index in [-0.39, 0.29) is 21.3 Å². The monoisotopic (exact) mass is 669 g/mol. The standard InChI is InChI=1S/C26H16Cl5F4N3O3/c1-9-6-11(36-24(40)18-17(26(18,30)31)10-2-3-13(27)14(28)7-10)8-12(19(9)29)23(39)37-16-5-4-15(32)21(20(16)33)38-25(41)22(34)35/h2-8,17-18,22H,1H3,(H,36,40)(H,37,39)(H,38,41)/t17?,18-/m1/s1. The Labute approximate surface area is 255 Å². The van der Waals surface area contributed by atoms with Crippen molar-refractivity contribution in [2.24, 2.45) is 5.92 Å². The van der Waals surface area contributed by atoms with E-state index in [2.05, 4.69) is 10.6 Å². The molecule has 6 nitrogen and oxygen atoms in total. The van der Waals surface area contributed by atoms with E-state index in [1.165, 1.54) is 24.4 Å². The smallest absolute Gasteiger partial charge is 0.315 e. The van der Waals surface area contributed by atoms with Crippen LogP contribution in [0.2, 0.25) is 15.1 Å². The number of amides is 3. The molecule has 4 rings (SSSR count). The van der Waals surface area contributed by atoms with Crippen LogP contribution in [0.15, 0.2) is 42.5 Å². The topological polar surface area (TPSA) is 87.3 Å². The van der Waals surface area contributed by atoms with Gasteiger partial charge in [-0.25, -0.2) is 8.78 Å². The maximum atomic E-state index is 14.8. The molecule has 41 heavy (non-hydrogen) atoms. The average molecular weight is 672 g/mol. The molecule has 1 aliphatic carbocycles. The minimum atomic E-state index is -3.54. The Balaban J connectivity index is 1.55. The van der Waals surface area contributed by atoms with E-state index in [1.807, 2.05) is 0 Å². The van der Waals surface area contributed by atoms with Crippen molar-refractivity contribution in [1.29, 1.82) is 0 Å². The van der Waals surface area contributed by atoms with Crippen molar-refractivity contribution < 1.29 is 31.9 Å². The average Bonchev–Trinajstić information content (AvgIpc) is 3.48. The van der Waals surface area contributed by atoms with Crippen molar-refractivity contribution in [3.8, 4) is 0 Å². The largest absolute Gasteiger partial charge is 0.326 e. The number of hydrogen-bond donors (Lipinski definition) is 3. The molecular formula is C26H16Cl5F4N3O3. The molecule has 15 heteroatoms. The van der Waals surface area contributed by atoms with Gasteiger partial charge in [-0.2, -0.15) is 8.78 Å². The van der Waals surface area contributed by atoms with Crippen LogP contribution < -0.4 is 16.0 Å². The Hall–Kier alpha value is -2.76. The number of rotatable bonds is 7. The Morgan fingerprint density at radius 3 is 2.22 bits per heavy atom. The normalized spacial score (nSPS) is 17.2. The zero-order chi connectivity index (χ0) is 30.4. The first-order chi connectivity index (χ1) is 19.1. The highest BCUT2D eigenvalue weighted by Gasteiger charge is 2.67. The molecule has 216 valence electrons. The highest BCUT2D eigenvalue weighted by molar-refractivity contribution is 6.53. The first-order valence-electron chi connectivity index (χ1n) is 11.5. The van der Waals surface area contributed by atoms with Crippen LogP contribution in [-0.4, -0.2) is 28.5 Å². The SMILES string of the molecule is Cc1cc(NC(=O)[C@H]2C(c3ccc(Cl)c(Cl)c3)C2(Cl)Cl)cc(C(=O)Nc2ccc(F)c(NC(=O)C(F)F)c2F)c1Cl. The summed E-state index contributed by atoms with van der Waals surface area (Å²) in [5.41, 5.74) is -0.982. The summed E-state index contributed by atoms with van der Waals surface area (Å²) in [5.74, 6) is -7.87. The fourth-order valence-electron chi connectivity index (χ4n) is 4.13. The van der Waals surface area contributed by atoms with Crippen LogP contribution in [0.4, 0.5) is 34.6 Å². The van der Waals surface area contributed by atoms with Crippen molar-refractivity contribution >= 4 is 92.8 Å². The lowest BCUT2D eigenvalue weighted by Gasteiger charge is -2.14. The minimum Gasteiger partial charge on any atom is -0.326 e. The Bertz CT molecular complexity index is 1590. The maximum Gasteiger partial charge on any atom is 0.315 e. The van der Waals surface area contributed by atoms with Gasteiger partial charge >= 0.3 is 6.43 Å². The number of aryl methyl sites for hydroxylation is 1. The lowest BCUT2D eigenvalue weighted by molar-refractivity contribution is -0.126. The summed E-state index contributed by atoms with van der Waals surface area (Å²) in [5, 5.41) is 6.71. The van der Waals surface area contributed by atoms with Crippen LogP contribution in [0.25, 0.3) is 0 Å². The summed E-state index contributed by atoms with van der Waals surface area (Å²) in [7, 11) is 0. The van der Waals surface area contributed by atoms with Crippen LogP contribution in [0.5, 0.6) is 0 Å². The fraction of sp³-hybridized carbons (Fsp3) is 0.192. The van der Waals surface area contributed by atoms with Gasteiger partial charge in [0.25, 0.3) is 11.8 Å². The Morgan fingerprint density at radius 1 is 0.902 bits per heavy atom. The third-order valence-electron chi connectivity index (χ3n) is 6.19. The van der Waals surface area contributed by atoms with Gasteiger partial charge in [-0.15, -0.1) is 23.2 Å². The summed E-state index contributed by atoms with van der Waals surface area (Å²) in [6.45, 7) is 1.54. The van der Waals surface area contributed by atoms with Gasteiger partial charge in [-0.3, -0.25) is 14.4 Å². The lowest BCUT2D eigenvalue weighted by atomic mass is 10.1. The van der Waals surface area contributed by atoms with E-state index in [1.54, 1.807) is 18.2 Å². The molecule has 0 heterocycles. The quantitative estimate of drug-likeness (QED) is 0.175. The van der Waals surface area contributed by atoms with E-state index in [0.717, 1.165) is 6.07 Å². The molecule has 2 atom stereocenters. The second-order valence-corrected chi connectivity index (χ2v) is 11.6. The van der Waals surface area contributed by atoms with Gasteiger partial charge < -0.3 is 16.0 Å². The van der Waals surface area contributed by atoms with Crippen molar-refractivity contribution in [3.05, 3.63) is 85.9 Å². The molecule has 0 saturated heterocycles. The summed E-state index contributed by atoms with van der Waals surface area (Å²) < 4.78 is 52.5. The second-order valence-electron chi connectivity index (χ2n) is 8.98. The summed E-state index contributed by atoms with van der Waals surface area (Å²) in [4.78, 5) is 37.3. The first-order valence-corrected chi connectivity index (χ1v) is 13.3. The van der Waals surface area contributed by atoms with Crippen LogP contribution >= 0.6 is 58.0 Å². The van der Waals surface area contributed by atoms with E-state index < -0.39 is 63.3 Å². The predicted molar refractivity (Wildman–Crippen MR) is 151 cm³/mol. The van der Waals surface area contributed by atoms with Crippen LogP contribution in [0.3, 0.4) is 0 Å². The Kier molecular flexibility index (Phi) is 9.01. The lowest BCUT2D eigenvalue weighted by Crippen LogP contribution is -2.22. The van der Waals surface area contributed by atoms with Crippen LogP contribution in [0.1, 0.15) is 27.4 Å². The zero-order valence-electron chi connectivity index (χ0n) is 20.4. The number of carbonyl (C=O) groups is 3. The van der Waals surface area contributed by atoms with E-state index in [0.29, 0.717) is 22.2 Å². The number of hydrogen-bond acceptors (Lipinski definition) is 3. The number of benzene rings is 3. The van der Waals surface area contributed by atoms with Crippen molar-refractivity contribution in [1.82, 2.24) is 0 Å². The number of halogens is 9. The molecule has 3 aromatic carbocycles. The molecule has 0 radical (unpaired) electrons. The van der Waals surface area contributed by atoms with Crippen LogP contribution in [-0.2, 0) is 9.59 Å². The van der Waals surface area contributed by atoms with Crippen LogP contribution in [0, 0.1) is 24.5 Å². The first kappa shape index (κ1) is 31.2. The third-order valence-corrected chi connectivity index (χ3v) is 8.37. The Morgan fingerprint density at radius 2 is 1.59 bits per heavy atom. The highest BCUT2D eigenvalue weighted by atomic mass is 35.5. The van der Waals surface area contributed by atoms with Crippen molar-refractivity contribution in [2.75, 3.05) is 16.0 Å². The number of carbonyl (C=O) groups excluding carboxylic acids is 3. The molecule has 3 aromatic rings. The highest BCUT2D eigenvalue weighted by Crippen LogP contribution is 2.65. The second kappa shape index (κ2) is 11.9. The van der Waals surface area contributed by atoms with Crippen molar-refractivity contribution in [2.45, 2.75) is 23.6 Å². The molecule has 1 fully saturated rings. The van der Waals surface area contributed by atoms with Gasteiger partial charge in [-0.05, 0) is 54.4 Å². The maximum absolute atomic E-state index is 14.8. The minimum absolute atomic E-state index is 0.0571. The summed E-state index contributed by atoms with van der Waals surface area (Å²) in [6, 6.07) is 8.88. The van der Waals surface area contributed by atoms with Gasteiger partial charge in [0.15, 0.2) is 5.82 Å². The van der Waals surface area contributed by atoms with Crippen molar-refractivity contribution in [3.63, 3.8) is 0 Å². The molecule has 0 spiro atoms. The fourth-order valence-corrected chi connectivity index (χ4v) is 5.46. The molecule has 1 unspecified atom stereocenters. The molecule has 1 aliphatic rings. The molecule has 1 saturated carbocycles. The third kappa shape index (κ3) is 6.36. The van der Waals surface area contributed by atoms with E-state index >= 15 is 0 Å². The number of alkyl halides is 4. The van der Waals surface area contributed by atoms with E-state index in [4.69, 9.17) is 58.0 Å². The molecule has 0 bridgehead atoms. The van der Waals surface area contributed by atoms with Gasteiger partial charge in [0, 0.05) is 11.6 Å². The summed E-state index contributed by atoms with van der Waals surface area (Å²) >= 11 is 31.1. The molecule has 3 amide bonds. The molecular weight excluding hydrogens is 656 g/mol. The van der Waals surface area contributed by atoms with Gasteiger partial charge in [0.2, 0.25) is 5.91 Å². The molecule has 0 aliphatic heterocycles. The molecule has 0 aromatic heterocycles. The van der Waals surface area contributed by atoms with Gasteiger partial charge in [-0.1, -0.05) is 40.9 Å². The summed E-state index contributed by atoms with van der Waals surface area (Å²) in [6.07, 6.45) is -3.54. The number of anilines is 3. The van der Waals surface area contributed by atoms with Gasteiger partial charge in [0.05, 0.1) is 32.2 Å². The van der Waals surface area contributed by atoms with Gasteiger partial charge in [0.1, 0.15) is 15.8 Å². The number of nitrogens with one attached hydrogen (secondary N) is 3. The molecule has 3 N–H and O–H groups in total. The predicted octanol–water partition coefficient (Wildman–Crippen LogP) is 8.22.